The second-order valence-corrected chi connectivity index (χ2v) is 7.87. The van der Waals surface area contributed by atoms with Gasteiger partial charge >= 0.3 is 17.9 Å². The third-order valence-electron chi connectivity index (χ3n) is 4.34. The molecule has 11 heteroatoms. The van der Waals surface area contributed by atoms with Crippen LogP contribution in [0.3, 0.4) is 0 Å². The first-order chi connectivity index (χ1) is 14.0. The van der Waals surface area contributed by atoms with Crippen LogP contribution in [0.15, 0.2) is 5.11 Å². The summed E-state index contributed by atoms with van der Waals surface area (Å²) in [5, 5.41) is 3.64. The average Bonchev–Trinajstić information content (AvgIpc) is 2.68. The summed E-state index contributed by atoms with van der Waals surface area (Å²) in [5.74, 6) is -2.99. The minimum Gasteiger partial charge on any atom is -0.463 e. The molecule has 1 unspecified atom stereocenters. The van der Waals surface area contributed by atoms with Crippen molar-refractivity contribution in [1.82, 2.24) is 0 Å². The minimum absolute atomic E-state index is 0.272. The molecule has 0 N–H and O–H groups in total. The lowest BCUT2D eigenvalue weighted by molar-refractivity contribution is -0.269. The molecule has 30 heavy (non-hydrogen) atoms. The zero-order chi connectivity index (χ0) is 23.0. The van der Waals surface area contributed by atoms with Gasteiger partial charge in [-0.1, -0.05) is 46.7 Å². The molecule has 0 saturated carbocycles. The van der Waals surface area contributed by atoms with E-state index < -0.39 is 60.4 Å². The van der Waals surface area contributed by atoms with Crippen molar-refractivity contribution in [3.8, 4) is 0 Å². The van der Waals surface area contributed by atoms with E-state index >= 15 is 0 Å². The number of carbonyl (C=O) groups excluding carboxylic acids is 3. The van der Waals surface area contributed by atoms with Crippen LogP contribution in [0.25, 0.3) is 10.4 Å². The van der Waals surface area contributed by atoms with E-state index in [2.05, 4.69) is 10.0 Å². The molecule has 0 aromatic carbocycles. The molecule has 1 heterocycles. The van der Waals surface area contributed by atoms with Gasteiger partial charge in [-0.15, -0.1) is 0 Å². The third kappa shape index (κ3) is 6.86. The fourth-order valence-corrected chi connectivity index (χ4v) is 2.55. The zero-order valence-electron chi connectivity index (χ0n) is 18.4. The van der Waals surface area contributed by atoms with Crippen molar-refractivity contribution < 1.29 is 38.1 Å². The second-order valence-electron chi connectivity index (χ2n) is 7.87. The van der Waals surface area contributed by atoms with Crippen molar-refractivity contribution in [3.63, 3.8) is 0 Å². The van der Waals surface area contributed by atoms with E-state index in [1.165, 1.54) is 7.11 Å². The van der Waals surface area contributed by atoms with Crippen molar-refractivity contribution in [1.29, 1.82) is 0 Å². The van der Waals surface area contributed by atoms with E-state index in [0.29, 0.717) is 0 Å². The number of rotatable bonds is 9. The van der Waals surface area contributed by atoms with E-state index in [1.54, 1.807) is 41.5 Å². The first kappa shape index (κ1) is 25.7. The number of esters is 3. The monoisotopic (exact) mass is 429 g/mol. The Kier molecular flexibility index (Phi) is 10.0. The molecular formula is C19H31N3O8. The molecule has 1 aliphatic rings. The van der Waals surface area contributed by atoms with Crippen LogP contribution in [0.2, 0.25) is 0 Å². The molecule has 0 aromatic rings. The van der Waals surface area contributed by atoms with Gasteiger partial charge in [0.1, 0.15) is 18.8 Å². The van der Waals surface area contributed by atoms with Gasteiger partial charge in [0.25, 0.3) is 0 Å². The molecule has 0 spiro atoms. The Hall–Kier alpha value is -2.36. The Bertz CT molecular complexity index is 660. The molecule has 0 aromatic heterocycles. The molecule has 0 aliphatic carbocycles. The van der Waals surface area contributed by atoms with Crippen LogP contribution in [-0.4, -0.2) is 62.3 Å². The van der Waals surface area contributed by atoms with Crippen molar-refractivity contribution in [2.24, 2.45) is 22.9 Å². The fourth-order valence-electron chi connectivity index (χ4n) is 2.55. The summed E-state index contributed by atoms with van der Waals surface area (Å²) >= 11 is 0. The molecule has 5 atom stereocenters. The number of nitrogens with zero attached hydrogens (tertiary/aromatic N) is 3. The standard InChI is InChI=1S/C19H31N3O8/c1-9(2)16(23)27-8-12-14(29-17(24)10(3)4)15(30-18(25)11(5)6)13(21-22-20)19(26-7)28-12/h9-15,19H,8H2,1-7H3/t12-,13-,14+,15-,19?/m1/s1. The highest BCUT2D eigenvalue weighted by Gasteiger charge is 2.51. The predicted octanol–water partition coefficient (Wildman–Crippen LogP) is 2.37. The number of hydrogen-bond acceptors (Lipinski definition) is 9. The van der Waals surface area contributed by atoms with E-state index in [-0.39, 0.29) is 12.5 Å². The first-order valence-electron chi connectivity index (χ1n) is 9.83. The Labute approximate surface area is 175 Å². The lowest BCUT2D eigenvalue weighted by Crippen LogP contribution is -2.61. The van der Waals surface area contributed by atoms with E-state index in [9.17, 15) is 14.4 Å². The van der Waals surface area contributed by atoms with Gasteiger partial charge in [0.15, 0.2) is 18.5 Å². The highest BCUT2D eigenvalue weighted by Crippen LogP contribution is 2.30. The minimum atomic E-state index is -1.19. The highest BCUT2D eigenvalue weighted by atomic mass is 16.7. The second kappa shape index (κ2) is 11.7. The molecular weight excluding hydrogens is 398 g/mol. The Morgan fingerprint density at radius 2 is 1.43 bits per heavy atom. The first-order valence-corrected chi connectivity index (χ1v) is 9.83. The van der Waals surface area contributed by atoms with Crippen molar-refractivity contribution >= 4 is 17.9 Å². The van der Waals surface area contributed by atoms with Crippen molar-refractivity contribution in [3.05, 3.63) is 10.4 Å². The van der Waals surface area contributed by atoms with Gasteiger partial charge in [0.2, 0.25) is 0 Å². The normalized spacial score (nSPS) is 26.3. The van der Waals surface area contributed by atoms with Crippen molar-refractivity contribution in [2.45, 2.75) is 72.2 Å². The van der Waals surface area contributed by atoms with Gasteiger partial charge in [-0.25, -0.2) is 0 Å². The number of hydrogen-bond donors (Lipinski definition) is 0. The van der Waals surface area contributed by atoms with E-state index in [4.69, 9.17) is 29.2 Å². The lowest BCUT2D eigenvalue weighted by atomic mass is 9.96. The van der Waals surface area contributed by atoms with E-state index in [0.717, 1.165) is 0 Å². The molecule has 11 nitrogen and oxygen atoms in total. The third-order valence-corrected chi connectivity index (χ3v) is 4.34. The predicted molar refractivity (Wildman–Crippen MR) is 104 cm³/mol. The van der Waals surface area contributed by atoms with E-state index in [1.807, 2.05) is 0 Å². The van der Waals surface area contributed by atoms with Crippen LogP contribution in [0, 0.1) is 17.8 Å². The molecule has 0 radical (unpaired) electrons. The van der Waals surface area contributed by atoms with Gasteiger partial charge in [0, 0.05) is 12.0 Å². The molecule has 0 amide bonds. The maximum absolute atomic E-state index is 12.3. The molecule has 1 rings (SSSR count). The van der Waals surface area contributed by atoms with Gasteiger partial charge in [0.05, 0.1) is 17.8 Å². The van der Waals surface area contributed by atoms with Gasteiger partial charge in [-0.3, -0.25) is 14.4 Å². The summed E-state index contributed by atoms with van der Waals surface area (Å²) < 4.78 is 27.4. The quantitative estimate of drug-likeness (QED) is 0.178. The van der Waals surface area contributed by atoms with Crippen LogP contribution in [0.1, 0.15) is 41.5 Å². The summed E-state index contributed by atoms with van der Waals surface area (Å²) in [6, 6.07) is -1.12. The summed E-state index contributed by atoms with van der Waals surface area (Å²) in [7, 11) is 1.32. The summed E-state index contributed by atoms with van der Waals surface area (Å²) in [4.78, 5) is 39.3. The Balaban J connectivity index is 3.31. The van der Waals surface area contributed by atoms with Crippen LogP contribution >= 0.6 is 0 Å². The molecule has 1 saturated heterocycles. The van der Waals surface area contributed by atoms with Gasteiger partial charge < -0.3 is 23.7 Å². The molecule has 1 aliphatic heterocycles. The fraction of sp³-hybridized carbons (Fsp3) is 0.842. The Morgan fingerprint density at radius 1 is 0.933 bits per heavy atom. The summed E-state index contributed by atoms with van der Waals surface area (Å²) in [6.07, 6.45) is -4.48. The lowest BCUT2D eigenvalue weighted by Gasteiger charge is -2.43. The van der Waals surface area contributed by atoms with Gasteiger partial charge in [-0.2, -0.15) is 0 Å². The number of carbonyl (C=O) groups is 3. The highest BCUT2D eigenvalue weighted by molar-refractivity contribution is 5.73. The van der Waals surface area contributed by atoms with Crippen LogP contribution in [0.4, 0.5) is 0 Å². The smallest absolute Gasteiger partial charge is 0.308 e. The molecule has 0 bridgehead atoms. The topological polar surface area (TPSA) is 146 Å². The summed E-state index contributed by atoms with van der Waals surface area (Å²) in [5.41, 5.74) is 8.98. The number of azide groups is 1. The SMILES string of the molecule is COC1O[C@H](COC(=O)C(C)C)[C@H](OC(=O)C(C)C)[C@H](OC(=O)C(C)C)[C@H]1N=[N+]=[N-]. The molecule has 170 valence electrons. The largest absolute Gasteiger partial charge is 0.463 e. The van der Waals surface area contributed by atoms with Crippen LogP contribution < -0.4 is 0 Å². The van der Waals surface area contributed by atoms with Crippen LogP contribution in [0.5, 0.6) is 0 Å². The van der Waals surface area contributed by atoms with Gasteiger partial charge in [-0.05, 0) is 5.53 Å². The molecule has 1 fully saturated rings. The number of ether oxygens (including phenoxy) is 5. The zero-order valence-corrected chi connectivity index (χ0v) is 18.4. The van der Waals surface area contributed by atoms with Crippen LogP contribution in [-0.2, 0) is 38.1 Å². The average molecular weight is 429 g/mol. The maximum Gasteiger partial charge on any atom is 0.308 e. The summed E-state index contributed by atoms with van der Waals surface area (Å²) in [6.45, 7) is 9.61. The number of methoxy groups -OCH3 is 1. The van der Waals surface area contributed by atoms with Crippen molar-refractivity contribution in [2.75, 3.05) is 13.7 Å². The maximum atomic E-state index is 12.3. The Morgan fingerprint density at radius 3 is 1.87 bits per heavy atom.